The highest BCUT2D eigenvalue weighted by Crippen LogP contribution is 2.68. The number of phosphoric ester groups is 2. The second-order valence-corrected chi connectivity index (χ2v) is 16.5. The molecule has 5 unspecified atom stereocenters. The summed E-state index contributed by atoms with van der Waals surface area (Å²) in [6.07, 6.45) is -8.20. The minimum absolute atomic E-state index is 0.0370. The first-order valence-corrected chi connectivity index (χ1v) is 19.9. The first kappa shape index (κ1) is 40.3. The summed E-state index contributed by atoms with van der Waals surface area (Å²) < 4.78 is 81.7. The summed E-state index contributed by atoms with van der Waals surface area (Å²) in [6.45, 7) is -0.384. The van der Waals surface area contributed by atoms with E-state index in [-0.39, 0.29) is 34.1 Å². The fraction of sp³-hybridized carbons (Fsp3) is 0.583. The summed E-state index contributed by atoms with van der Waals surface area (Å²) in [5, 5.41) is 21.7. The van der Waals surface area contributed by atoms with Crippen molar-refractivity contribution >= 4 is 51.7 Å². The van der Waals surface area contributed by atoms with Crippen LogP contribution in [0.3, 0.4) is 0 Å². The van der Waals surface area contributed by atoms with Crippen LogP contribution >= 0.6 is 23.5 Å². The van der Waals surface area contributed by atoms with Gasteiger partial charge in [0.05, 0.1) is 26.6 Å². The molecule has 9 N–H and O–H groups in total. The third-order valence-electron chi connectivity index (χ3n) is 8.27. The van der Waals surface area contributed by atoms with Crippen molar-refractivity contribution in [3.8, 4) is 0 Å². The fourth-order valence-electron chi connectivity index (χ4n) is 6.04. The molecule has 2 aliphatic heterocycles. The van der Waals surface area contributed by atoms with E-state index in [1.165, 1.54) is 54.5 Å². The summed E-state index contributed by atoms with van der Waals surface area (Å²) in [5.41, 5.74) is 4.63. The maximum Gasteiger partial charge on any atom is 0.490 e. The van der Waals surface area contributed by atoms with Gasteiger partial charge in [-0.1, -0.05) is 0 Å². The summed E-state index contributed by atoms with van der Waals surface area (Å²) in [5.74, 6) is 0.00609. The molecular weight excluding hydrogens is 795 g/mol. The first-order chi connectivity index (χ1) is 25.2. The van der Waals surface area contributed by atoms with Crippen LogP contribution < -0.4 is 21.4 Å². The lowest BCUT2D eigenvalue weighted by Gasteiger charge is -2.21. The maximum atomic E-state index is 12.7. The topological polar surface area (TPSA) is 370 Å². The normalized spacial score (nSPS) is 29.4. The Bertz CT molecular complexity index is 2310. The minimum atomic E-state index is -5.95. The number of aromatic nitrogens is 8. The smallest absolute Gasteiger partial charge is 0.387 e. The van der Waals surface area contributed by atoms with Gasteiger partial charge in [0, 0.05) is 14.2 Å². The average Bonchev–Trinajstić information content (AvgIpc) is 3.79. The molecule has 0 spiro atoms. The van der Waals surface area contributed by atoms with Crippen molar-refractivity contribution in [2.45, 2.75) is 56.0 Å². The summed E-state index contributed by atoms with van der Waals surface area (Å²) >= 11 is 0. The Morgan fingerprint density at radius 3 is 2.09 bits per heavy atom. The fourth-order valence-corrected chi connectivity index (χ4v) is 9.57. The zero-order chi connectivity index (χ0) is 39.5. The van der Waals surface area contributed by atoms with E-state index in [2.05, 4.69) is 33.5 Å². The van der Waals surface area contributed by atoms with Crippen molar-refractivity contribution in [1.82, 2.24) is 34.1 Å². The Kier molecular flexibility index (Phi) is 11.2. The van der Waals surface area contributed by atoms with Gasteiger partial charge in [0.15, 0.2) is 23.5 Å². The summed E-state index contributed by atoms with van der Waals surface area (Å²) in [7, 11) is -13.3. The number of aromatic amines is 2. The van der Waals surface area contributed by atoms with Gasteiger partial charge in [-0.05, 0) is 6.92 Å². The number of methoxy groups -OCH3 is 2. The van der Waals surface area contributed by atoms with Gasteiger partial charge in [-0.25, -0.2) is 28.2 Å². The molecule has 11 atom stereocenters. The molecule has 0 saturated carbocycles. The number of hydrogen-bond acceptors (Lipinski definition) is 19. The Morgan fingerprint density at radius 2 is 1.46 bits per heavy atom. The third kappa shape index (κ3) is 7.99. The molecule has 27 nitrogen and oxygen atoms in total. The Labute approximate surface area is 301 Å². The highest BCUT2D eigenvalue weighted by Gasteiger charge is 2.51. The molecule has 6 heterocycles. The predicted octanol–water partition coefficient (Wildman–Crippen LogP) is -2.51. The van der Waals surface area contributed by atoms with Crippen LogP contribution in [0, 0.1) is 6.92 Å². The number of nitrogen functional groups attached to an aromatic ring is 1. The van der Waals surface area contributed by atoms with Gasteiger partial charge in [-0.15, -0.1) is 0 Å². The molecule has 0 aromatic carbocycles. The number of aryl methyl sites for hydroxylation is 2. The van der Waals surface area contributed by atoms with Gasteiger partial charge in [0.25, 0.3) is 16.7 Å². The van der Waals surface area contributed by atoms with Crippen LogP contribution in [0.2, 0.25) is 0 Å². The molecule has 298 valence electrons. The molecular formula is C24H35N9O18P3+. The van der Waals surface area contributed by atoms with Gasteiger partial charge >= 0.3 is 29.0 Å². The molecule has 4 aromatic rings. The molecule has 0 amide bonds. The van der Waals surface area contributed by atoms with Gasteiger partial charge in [0.1, 0.15) is 36.3 Å². The van der Waals surface area contributed by atoms with E-state index < -0.39 is 96.9 Å². The number of nitrogens with zero attached hydrogens (tertiary/aromatic N) is 6. The first-order valence-electron chi connectivity index (χ1n) is 15.4. The van der Waals surface area contributed by atoms with Crippen molar-refractivity contribution in [2.24, 2.45) is 7.05 Å². The Balaban J connectivity index is 1.07. The number of aliphatic hydroxyl groups excluding tert-OH is 2. The second kappa shape index (κ2) is 15.0. The highest BCUT2D eigenvalue weighted by molar-refractivity contribution is 7.66. The van der Waals surface area contributed by atoms with Gasteiger partial charge in [-0.2, -0.15) is 18.2 Å². The van der Waals surface area contributed by atoms with E-state index in [4.69, 9.17) is 33.7 Å². The van der Waals surface area contributed by atoms with Crippen molar-refractivity contribution in [3.05, 3.63) is 39.2 Å². The van der Waals surface area contributed by atoms with Crippen LogP contribution in [-0.2, 0) is 57.4 Å². The number of fused-ring (bicyclic) bond motifs is 2. The van der Waals surface area contributed by atoms with Crippen LogP contribution in [0.5, 0.6) is 0 Å². The number of hydrogen-bond donors (Lipinski definition) is 8. The second-order valence-electron chi connectivity index (χ2n) is 11.9. The van der Waals surface area contributed by atoms with Crippen molar-refractivity contribution < 1.29 is 79.8 Å². The van der Waals surface area contributed by atoms with Crippen LogP contribution in [0.25, 0.3) is 22.3 Å². The Hall–Kier alpha value is -3.33. The number of anilines is 1. The average molecular weight is 831 g/mol. The SMILES string of the molecule is COC1[C@@H](COP(=O)(O)OP(=O)(O)OP(=O)(O)OC[C@H]2O[C@@H](n3c[n+](C)c4c(=O)[nH]c(N)nc43)[C@@H](OC)C2O)O[C@@H](n2cnc3c(=O)[nH]c(C)nc32)[C@H]1O. The maximum absolute atomic E-state index is 12.7. The minimum Gasteiger partial charge on any atom is -0.387 e. The molecule has 2 fully saturated rings. The van der Waals surface area contributed by atoms with Crippen LogP contribution in [0.1, 0.15) is 18.3 Å². The van der Waals surface area contributed by atoms with Crippen LogP contribution in [0.15, 0.2) is 22.2 Å². The van der Waals surface area contributed by atoms with E-state index in [1.54, 1.807) is 0 Å². The molecule has 6 rings (SSSR count). The quantitative estimate of drug-likeness (QED) is 0.0480. The predicted molar refractivity (Wildman–Crippen MR) is 174 cm³/mol. The number of H-pyrrole nitrogens is 2. The van der Waals surface area contributed by atoms with Crippen molar-refractivity contribution in [1.29, 1.82) is 0 Å². The molecule has 0 aliphatic carbocycles. The zero-order valence-corrected chi connectivity index (χ0v) is 31.0. The van der Waals surface area contributed by atoms with Crippen molar-refractivity contribution in [2.75, 3.05) is 33.2 Å². The van der Waals surface area contributed by atoms with Gasteiger partial charge in [-0.3, -0.25) is 28.2 Å². The number of phosphoric acid groups is 3. The Morgan fingerprint density at radius 1 is 0.852 bits per heavy atom. The van der Waals surface area contributed by atoms with Gasteiger partial charge < -0.3 is 54.6 Å². The number of rotatable bonds is 14. The molecule has 4 aromatic heterocycles. The molecule has 30 heteroatoms. The third-order valence-corrected chi connectivity index (χ3v) is 12.5. The molecule has 0 radical (unpaired) electrons. The molecule has 54 heavy (non-hydrogen) atoms. The van der Waals surface area contributed by atoms with E-state index in [0.29, 0.717) is 0 Å². The zero-order valence-electron chi connectivity index (χ0n) is 28.3. The number of aliphatic hydroxyl groups is 2. The highest BCUT2D eigenvalue weighted by atomic mass is 31.3. The molecule has 2 saturated heterocycles. The summed E-state index contributed by atoms with van der Waals surface area (Å²) in [6, 6.07) is 0. The lowest BCUT2D eigenvalue weighted by Crippen LogP contribution is -2.35. The number of nitrogens with two attached hydrogens (primary N) is 1. The monoisotopic (exact) mass is 830 g/mol. The lowest BCUT2D eigenvalue weighted by molar-refractivity contribution is -0.646. The number of ether oxygens (including phenoxy) is 4. The lowest BCUT2D eigenvalue weighted by atomic mass is 10.1. The number of imidazole rings is 2. The molecule has 0 bridgehead atoms. The van der Waals surface area contributed by atoms with E-state index in [0.717, 1.165) is 0 Å². The van der Waals surface area contributed by atoms with Crippen molar-refractivity contribution in [3.63, 3.8) is 0 Å². The van der Waals surface area contributed by atoms with E-state index in [9.17, 15) is 48.2 Å². The standard InChI is InChI=1S/C24H34N9O18P3/c1-9-27-18-12(20(36)28-9)26-7-32(18)22-15(35)16(44-3)11(49-22)6-47-53(40,41)51-54(42,43)50-52(38,39)46-5-10-14(34)17(45-4)23(48-10)33-8-31(2)13-19(33)29-24(25)30-21(13)37/h7-8,10-11,14-17,22-23,34-35H,5-6H2,1-4H3,(H6-,25,27,28,29,30,36,37,38,39,40,41,42,43)/p+1/t10-,11-,14?,15+,16?,17+,22-,23-/m1/s1. The van der Waals surface area contributed by atoms with Gasteiger partial charge in [0.2, 0.25) is 18.5 Å². The van der Waals surface area contributed by atoms with Crippen LogP contribution in [0.4, 0.5) is 5.95 Å². The van der Waals surface area contributed by atoms with Crippen LogP contribution in [-0.4, -0.2) is 123 Å². The van der Waals surface area contributed by atoms with E-state index in [1.807, 2.05) is 0 Å². The molecule has 2 aliphatic rings. The number of nitrogens with one attached hydrogen (secondary N) is 2. The van der Waals surface area contributed by atoms with E-state index >= 15 is 0 Å². The summed E-state index contributed by atoms with van der Waals surface area (Å²) in [4.78, 5) is 72.2. The largest absolute Gasteiger partial charge is 0.490 e.